The lowest BCUT2D eigenvalue weighted by Crippen LogP contribution is -2.37. The molecular weight excluding hydrogens is 693 g/mol. The van der Waals surface area contributed by atoms with Gasteiger partial charge in [-0.2, -0.15) is 0 Å². The minimum Gasteiger partial charge on any atom is -0.310 e. The summed E-state index contributed by atoms with van der Waals surface area (Å²) in [4.78, 5) is 2.42. The molecular formula is C53H48N2Si. The van der Waals surface area contributed by atoms with E-state index in [2.05, 4.69) is 221 Å². The van der Waals surface area contributed by atoms with Crippen molar-refractivity contribution in [3.63, 3.8) is 0 Å². The zero-order chi connectivity index (χ0) is 38.6. The molecule has 0 radical (unpaired) electrons. The molecule has 0 N–H and O–H groups in total. The molecule has 2 aliphatic rings. The molecule has 2 nitrogen and oxygen atoms in total. The summed E-state index contributed by atoms with van der Waals surface area (Å²) in [6.45, 7) is 16.9. The summed E-state index contributed by atoms with van der Waals surface area (Å²) in [5.74, 6) is 0. The van der Waals surface area contributed by atoms with Gasteiger partial charge in [-0.15, -0.1) is 0 Å². The summed E-state index contributed by atoms with van der Waals surface area (Å²) >= 11 is 0. The Kier molecular flexibility index (Phi) is 7.59. The van der Waals surface area contributed by atoms with E-state index in [4.69, 9.17) is 0 Å². The number of hydrogen-bond donors (Lipinski definition) is 0. The fourth-order valence-corrected chi connectivity index (χ4v) is 11.0. The fraction of sp³-hybridized carbons (Fsp3) is 0.170. The molecule has 2 aliphatic carbocycles. The Balaban J connectivity index is 1.07. The van der Waals surface area contributed by atoms with E-state index >= 15 is 0 Å². The Morgan fingerprint density at radius 1 is 0.446 bits per heavy atom. The maximum atomic E-state index is 2.46. The molecule has 0 unspecified atom stereocenters. The van der Waals surface area contributed by atoms with E-state index in [0.717, 1.165) is 17.1 Å². The van der Waals surface area contributed by atoms with E-state index < -0.39 is 8.07 Å². The van der Waals surface area contributed by atoms with Gasteiger partial charge in [0.1, 0.15) is 0 Å². The molecule has 10 rings (SSSR count). The Morgan fingerprint density at radius 3 is 1.71 bits per heavy atom. The van der Waals surface area contributed by atoms with Gasteiger partial charge in [0.05, 0.1) is 19.1 Å². The van der Waals surface area contributed by atoms with E-state index in [1.165, 1.54) is 77.2 Å². The van der Waals surface area contributed by atoms with E-state index in [0.29, 0.717) is 0 Å². The number of nitrogens with zero attached hydrogens (tertiary/aromatic N) is 2. The second-order valence-corrected chi connectivity index (χ2v) is 23.0. The summed E-state index contributed by atoms with van der Waals surface area (Å²) in [5, 5.41) is 3.96. The molecule has 1 aromatic heterocycles. The largest absolute Gasteiger partial charge is 0.310 e. The number of allylic oxidation sites excluding steroid dienone is 2. The lowest BCUT2D eigenvalue weighted by molar-refractivity contribution is 0.694. The van der Waals surface area contributed by atoms with E-state index in [-0.39, 0.29) is 10.8 Å². The summed E-state index contributed by atoms with van der Waals surface area (Å²) < 4.78 is 2.39. The van der Waals surface area contributed by atoms with Crippen molar-refractivity contribution in [1.82, 2.24) is 4.57 Å². The first-order valence-electron chi connectivity index (χ1n) is 20.0. The number of aromatic nitrogens is 1. The lowest BCUT2D eigenvalue weighted by atomic mass is 9.75. The third kappa shape index (κ3) is 5.14. The van der Waals surface area contributed by atoms with Crippen LogP contribution >= 0.6 is 0 Å². The van der Waals surface area contributed by atoms with Gasteiger partial charge in [0, 0.05) is 44.4 Å². The van der Waals surface area contributed by atoms with Crippen LogP contribution in [-0.2, 0) is 10.8 Å². The number of rotatable bonds is 6. The first-order chi connectivity index (χ1) is 26.9. The molecule has 8 aromatic rings. The molecule has 0 spiro atoms. The first kappa shape index (κ1) is 34.6. The van der Waals surface area contributed by atoms with Crippen molar-refractivity contribution in [2.75, 3.05) is 4.90 Å². The highest BCUT2D eigenvalue weighted by Crippen LogP contribution is 2.62. The third-order valence-electron chi connectivity index (χ3n) is 12.7. The Bertz CT molecular complexity index is 2860. The van der Waals surface area contributed by atoms with Crippen molar-refractivity contribution >= 4 is 63.3 Å². The number of fused-ring (bicyclic) bond motifs is 7. The van der Waals surface area contributed by atoms with Crippen LogP contribution in [0.2, 0.25) is 19.6 Å². The van der Waals surface area contributed by atoms with Crippen LogP contribution in [0.15, 0.2) is 164 Å². The molecule has 3 heteroatoms. The molecule has 56 heavy (non-hydrogen) atoms. The second-order valence-electron chi connectivity index (χ2n) is 17.9. The topological polar surface area (TPSA) is 8.17 Å². The van der Waals surface area contributed by atoms with Gasteiger partial charge in [-0.3, -0.25) is 0 Å². The Hall–Kier alpha value is -5.90. The highest BCUT2D eigenvalue weighted by Gasteiger charge is 2.49. The average Bonchev–Trinajstić information content (AvgIpc) is 3.76. The van der Waals surface area contributed by atoms with Crippen LogP contribution < -0.4 is 10.1 Å². The van der Waals surface area contributed by atoms with Crippen LogP contribution in [-0.4, -0.2) is 12.6 Å². The molecule has 1 heterocycles. The van der Waals surface area contributed by atoms with Gasteiger partial charge >= 0.3 is 0 Å². The summed E-state index contributed by atoms with van der Waals surface area (Å²) in [7, 11) is -1.47. The van der Waals surface area contributed by atoms with Gasteiger partial charge in [0.15, 0.2) is 0 Å². The standard InChI is InChI=1S/C53H48N2Si/c1-52(2)46-19-13-11-18-43(46)50-51(52)44-31-23-36(33-47(44)53(50,3)4)35-21-24-38(25-22-35)54(39-26-29-41(30-27-39)56(5,6)7)40-28-32-49-45(34-40)42-17-12-14-20-48(42)55(49)37-15-9-8-10-16-37/h8-34H,1-7H3. The highest BCUT2D eigenvalue weighted by molar-refractivity contribution is 6.88. The SMILES string of the molecule is CC1(C)C2=C(c3ccccc31)C(C)(C)c1cc(-c3ccc(N(c4ccc([Si](C)(C)C)cc4)c4ccc5c(c4)c4ccccc4n5-c4ccccc4)cc3)ccc12. The molecule has 274 valence electrons. The molecule has 0 amide bonds. The van der Waals surface area contributed by atoms with Crippen LogP contribution in [0, 0.1) is 0 Å². The second kappa shape index (κ2) is 12.3. The maximum Gasteiger partial charge on any atom is 0.0775 e. The quantitative estimate of drug-likeness (QED) is 0.154. The van der Waals surface area contributed by atoms with Gasteiger partial charge in [-0.1, -0.05) is 150 Å². The molecule has 0 saturated carbocycles. The molecule has 0 fully saturated rings. The molecule has 0 aliphatic heterocycles. The van der Waals surface area contributed by atoms with Crippen LogP contribution in [0.1, 0.15) is 49.9 Å². The van der Waals surface area contributed by atoms with Crippen LogP contribution in [0.3, 0.4) is 0 Å². The highest BCUT2D eigenvalue weighted by atomic mass is 28.3. The summed E-state index contributed by atoms with van der Waals surface area (Å²) in [6.07, 6.45) is 0. The molecule has 7 aromatic carbocycles. The Labute approximate surface area is 332 Å². The monoisotopic (exact) mass is 740 g/mol. The van der Waals surface area contributed by atoms with Gasteiger partial charge in [-0.05, 0) is 111 Å². The van der Waals surface area contributed by atoms with Crippen molar-refractivity contribution in [1.29, 1.82) is 0 Å². The van der Waals surface area contributed by atoms with Crippen molar-refractivity contribution in [2.24, 2.45) is 0 Å². The summed E-state index contributed by atoms with van der Waals surface area (Å²) in [5.41, 5.74) is 18.1. The predicted molar refractivity (Wildman–Crippen MR) is 243 cm³/mol. The van der Waals surface area contributed by atoms with E-state index in [1.54, 1.807) is 0 Å². The van der Waals surface area contributed by atoms with Gasteiger partial charge in [0.2, 0.25) is 0 Å². The third-order valence-corrected chi connectivity index (χ3v) is 14.8. The number of hydrogen-bond acceptors (Lipinski definition) is 1. The molecule has 0 bridgehead atoms. The normalized spacial score (nSPS) is 15.3. The average molecular weight is 741 g/mol. The number of para-hydroxylation sites is 2. The van der Waals surface area contributed by atoms with Gasteiger partial charge in [-0.25, -0.2) is 0 Å². The Morgan fingerprint density at radius 2 is 1.00 bits per heavy atom. The van der Waals surface area contributed by atoms with Gasteiger partial charge < -0.3 is 9.47 Å². The maximum absolute atomic E-state index is 2.46. The summed E-state index contributed by atoms with van der Waals surface area (Å²) in [6, 6.07) is 61.2. The zero-order valence-electron chi connectivity index (χ0n) is 33.5. The van der Waals surface area contributed by atoms with Crippen LogP contribution in [0.5, 0.6) is 0 Å². The van der Waals surface area contributed by atoms with Crippen LogP contribution in [0.25, 0.3) is 49.8 Å². The molecule has 0 saturated heterocycles. The van der Waals surface area contributed by atoms with E-state index in [1.807, 2.05) is 0 Å². The minimum absolute atomic E-state index is 0.0200. The lowest BCUT2D eigenvalue weighted by Gasteiger charge is -2.28. The van der Waals surface area contributed by atoms with Crippen LogP contribution in [0.4, 0.5) is 17.1 Å². The van der Waals surface area contributed by atoms with Crippen molar-refractivity contribution < 1.29 is 0 Å². The first-order valence-corrected chi connectivity index (χ1v) is 23.5. The van der Waals surface area contributed by atoms with Gasteiger partial charge in [0.25, 0.3) is 0 Å². The van der Waals surface area contributed by atoms with Crippen molar-refractivity contribution in [2.45, 2.75) is 58.2 Å². The minimum atomic E-state index is -1.47. The molecule has 0 atom stereocenters. The number of anilines is 3. The predicted octanol–water partition coefficient (Wildman–Crippen LogP) is 14.0. The fourth-order valence-electron chi connectivity index (χ4n) is 9.86. The van der Waals surface area contributed by atoms with E-state index in [9.17, 15) is 0 Å². The zero-order valence-corrected chi connectivity index (χ0v) is 34.5. The smallest absolute Gasteiger partial charge is 0.0775 e. The van der Waals surface area contributed by atoms with Crippen molar-refractivity contribution in [3.8, 4) is 16.8 Å². The number of benzene rings is 7. The van der Waals surface area contributed by atoms with Crippen molar-refractivity contribution in [3.05, 3.63) is 186 Å².